The average Bonchev–Trinajstić information content (AvgIpc) is 2.67. The number of hydrogen-bond donors (Lipinski definition) is 2. The molecule has 0 saturated carbocycles. The molecule has 1 fully saturated rings. The van der Waals surface area contributed by atoms with E-state index in [4.69, 9.17) is 5.73 Å². The third-order valence-electron chi connectivity index (χ3n) is 2.80. The highest BCUT2D eigenvalue weighted by atomic mass is 35.5. The van der Waals surface area contributed by atoms with Gasteiger partial charge in [0, 0.05) is 24.8 Å². The maximum absolute atomic E-state index is 12.7. The van der Waals surface area contributed by atoms with Crippen LogP contribution < -0.4 is 11.1 Å². The minimum absolute atomic E-state index is 0. The van der Waals surface area contributed by atoms with Crippen molar-refractivity contribution in [3.63, 3.8) is 0 Å². The minimum atomic E-state index is -0.312. The number of nitrogens with one attached hydrogen (secondary N) is 1. The number of nitrogens with zero attached hydrogens (tertiary/aromatic N) is 1. The highest BCUT2D eigenvalue weighted by molar-refractivity contribution is 5.92. The van der Waals surface area contributed by atoms with Crippen molar-refractivity contribution in [3.8, 4) is 0 Å². The van der Waals surface area contributed by atoms with Crippen molar-refractivity contribution in [2.24, 2.45) is 5.73 Å². The van der Waals surface area contributed by atoms with Crippen LogP contribution in [0.1, 0.15) is 6.42 Å². The van der Waals surface area contributed by atoms with Crippen LogP contribution in [-0.2, 0) is 4.79 Å². The van der Waals surface area contributed by atoms with Crippen LogP contribution in [0.5, 0.6) is 0 Å². The first kappa shape index (κ1) is 14.9. The van der Waals surface area contributed by atoms with Gasteiger partial charge in [0.2, 0.25) is 5.91 Å². The number of nitrogens with two attached hydrogens (primary N) is 1. The van der Waals surface area contributed by atoms with Crippen LogP contribution in [0.25, 0.3) is 0 Å². The third kappa shape index (κ3) is 4.25. The van der Waals surface area contributed by atoms with Crippen LogP contribution in [0.4, 0.5) is 10.1 Å². The third-order valence-corrected chi connectivity index (χ3v) is 2.80. The van der Waals surface area contributed by atoms with Crippen molar-refractivity contribution < 1.29 is 9.18 Å². The zero-order chi connectivity index (χ0) is 12.3. The van der Waals surface area contributed by atoms with Crippen LogP contribution in [0.3, 0.4) is 0 Å². The number of halogens is 2. The largest absolute Gasteiger partial charge is 0.326 e. The fourth-order valence-corrected chi connectivity index (χ4v) is 1.94. The molecule has 4 nitrogen and oxygen atoms in total. The van der Waals surface area contributed by atoms with Crippen LogP contribution in [0, 0.1) is 5.82 Å². The van der Waals surface area contributed by atoms with E-state index >= 15 is 0 Å². The Morgan fingerprint density at radius 3 is 2.67 bits per heavy atom. The van der Waals surface area contributed by atoms with Gasteiger partial charge in [0.25, 0.3) is 0 Å². The van der Waals surface area contributed by atoms with Crippen LogP contribution in [-0.4, -0.2) is 36.5 Å². The summed E-state index contributed by atoms with van der Waals surface area (Å²) >= 11 is 0. The lowest BCUT2D eigenvalue weighted by Crippen LogP contribution is -2.33. The van der Waals surface area contributed by atoms with E-state index in [1.165, 1.54) is 12.1 Å². The molecule has 0 aliphatic carbocycles. The van der Waals surface area contributed by atoms with E-state index in [1.54, 1.807) is 12.1 Å². The first-order chi connectivity index (χ1) is 8.13. The topological polar surface area (TPSA) is 58.4 Å². The number of carbonyl (C=O) groups is 1. The van der Waals surface area contributed by atoms with Crippen molar-refractivity contribution in [1.29, 1.82) is 0 Å². The SMILES string of the molecule is Cl.NC1CCN(CC(=O)Nc2ccc(F)cc2)C1. The number of likely N-dealkylation sites (tertiary alicyclic amines) is 1. The van der Waals surface area contributed by atoms with Crippen molar-refractivity contribution in [2.75, 3.05) is 25.0 Å². The van der Waals surface area contributed by atoms with E-state index in [1.807, 2.05) is 4.90 Å². The van der Waals surface area contributed by atoms with Gasteiger partial charge in [-0.1, -0.05) is 0 Å². The predicted octanol–water partition coefficient (Wildman–Crippen LogP) is 1.22. The number of hydrogen-bond acceptors (Lipinski definition) is 3. The van der Waals surface area contributed by atoms with E-state index in [0.29, 0.717) is 12.2 Å². The predicted molar refractivity (Wildman–Crippen MR) is 71.3 cm³/mol. The molecule has 6 heteroatoms. The summed E-state index contributed by atoms with van der Waals surface area (Å²) in [4.78, 5) is 13.7. The number of anilines is 1. The lowest BCUT2D eigenvalue weighted by molar-refractivity contribution is -0.117. The molecule has 3 N–H and O–H groups in total. The standard InChI is InChI=1S/C12H16FN3O.ClH/c13-9-1-3-11(4-2-9)15-12(17)8-16-6-5-10(14)7-16;/h1-4,10H,5-8,14H2,(H,15,17);1H. The smallest absolute Gasteiger partial charge is 0.238 e. The van der Waals surface area contributed by atoms with E-state index in [2.05, 4.69) is 5.32 Å². The maximum Gasteiger partial charge on any atom is 0.238 e. The molecule has 1 aromatic rings. The molecule has 2 rings (SSSR count). The van der Waals surface area contributed by atoms with Gasteiger partial charge >= 0.3 is 0 Å². The Bertz CT molecular complexity index is 399. The molecule has 1 heterocycles. The van der Waals surface area contributed by atoms with Gasteiger partial charge in [0.15, 0.2) is 0 Å². The maximum atomic E-state index is 12.7. The van der Waals surface area contributed by atoms with Crippen LogP contribution in [0.15, 0.2) is 24.3 Å². The van der Waals surface area contributed by atoms with E-state index in [0.717, 1.165) is 19.5 Å². The highest BCUT2D eigenvalue weighted by Gasteiger charge is 2.20. The molecule has 1 aromatic carbocycles. The summed E-state index contributed by atoms with van der Waals surface area (Å²) < 4.78 is 12.7. The summed E-state index contributed by atoms with van der Waals surface area (Å²) in [6.07, 6.45) is 0.934. The van der Waals surface area contributed by atoms with Gasteiger partial charge in [-0.3, -0.25) is 9.69 Å². The van der Waals surface area contributed by atoms with Crippen LogP contribution in [0.2, 0.25) is 0 Å². The van der Waals surface area contributed by atoms with Gasteiger partial charge in [-0.2, -0.15) is 0 Å². The molecule has 1 atom stereocenters. The van der Waals surface area contributed by atoms with Crippen molar-refractivity contribution >= 4 is 24.0 Å². The number of rotatable bonds is 3. The molecular formula is C12H17ClFN3O. The van der Waals surface area contributed by atoms with E-state index in [-0.39, 0.29) is 30.2 Å². The van der Waals surface area contributed by atoms with Gasteiger partial charge in [-0.05, 0) is 30.7 Å². The second-order valence-electron chi connectivity index (χ2n) is 4.34. The zero-order valence-electron chi connectivity index (χ0n) is 9.93. The molecule has 1 unspecified atom stereocenters. The second-order valence-corrected chi connectivity index (χ2v) is 4.34. The van der Waals surface area contributed by atoms with Gasteiger partial charge < -0.3 is 11.1 Å². The molecular weight excluding hydrogens is 257 g/mol. The first-order valence-electron chi connectivity index (χ1n) is 5.67. The lowest BCUT2D eigenvalue weighted by atomic mass is 10.3. The number of carbonyl (C=O) groups excluding carboxylic acids is 1. The molecule has 0 bridgehead atoms. The summed E-state index contributed by atoms with van der Waals surface area (Å²) in [5, 5.41) is 2.72. The summed E-state index contributed by atoms with van der Waals surface area (Å²) in [5.41, 5.74) is 6.37. The average molecular weight is 274 g/mol. The highest BCUT2D eigenvalue weighted by Crippen LogP contribution is 2.10. The second kappa shape index (κ2) is 6.68. The lowest BCUT2D eigenvalue weighted by Gasteiger charge is -2.14. The Labute approximate surface area is 112 Å². The summed E-state index contributed by atoms with van der Waals surface area (Å²) in [5.74, 6) is -0.403. The van der Waals surface area contributed by atoms with Gasteiger partial charge in [0.1, 0.15) is 5.82 Å². The quantitative estimate of drug-likeness (QED) is 0.871. The Morgan fingerprint density at radius 2 is 2.11 bits per heavy atom. The molecule has 18 heavy (non-hydrogen) atoms. The van der Waals surface area contributed by atoms with Gasteiger partial charge in [-0.15, -0.1) is 12.4 Å². The molecule has 1 aliphatic heterocycles. The fraction of sp³-hybridized carbons (Fsp3) is 0.417. The van der Waals surface area contributed by atoms with Gasteiger partial charge in [0.05, 0.1) is 6.54 Å². The molecule has 0 spiro atoms. The van der Waals surface area contributed by atoms with Crippen molar-refractivity contribution in [1.82, 2.24) is 4.90 Å². The monoisotopic (exact) mass is 273 g/mol. The molecule has 1 saturated heterocycles. The Morgan fingerprint density at radius 1 is 1.44 bits per heavy atom. The minimum Gasteiger partial charge on any atom is -0.326 e. The molecule has 0 aromatic heterocycles. The Balaban J connectivity index is 0.00000162. The summed E-state index contributed by atoms with van der Waals surface area (Å²) in [7, 11) is 0. The molecule has 0 radical (unpaired) electrons. The van der Waals surface area contributed by atoms with E-state index < -0.39 is 0 Å². The zero-order valence-corrected chi connectivity index (χ0v) is 10.8. The summed E-state index contributed by atoms with van der Waals surface area (Å²) in [6, 6.07) is 5.91. The molecule has 1 aliphatic rings. The number of amides is 1. The first-order valence-corrected chi connectivity index (χ1v) is 5.67. The Hall–Kier alpha value is -1.17. The number of benzene rings is 1. The fourth-order valence-electron chi connectivity index (χ4n) is 1.94. The summed E-state index contributed by atoms with van der Waals surface area (Å²) in [6.45, 7) is 1.96. The van der Waals surface area contributed by atoms with Crippen LogP contribution >= 0.6 is 12.4 Å². The van der Waals surface area contributed by atoms with Crippen molar-refractivity contribution in [2.45, 2.75) is 12.5 Å². The van der Waals surface area contributed by atoms with E-state index in [9.17, 15) is 9.18 Å². The van der Waals surface area contributed by atoms with Crippen molar-refractivity contribution in [3.05, 3.63) is 30.1 Å². The van der Waals surface area contributed by atoms with Gasteiger partial charge in [-0.25, -0.2) is 4.39 Å². The molecule has 100 valence electrons. The molecule has 1 amide bonds. The normalized spacial score (nSPS) is 19.3. The Kier molecular flexibility index (Phi) is 5.53.